The number of benzene rings is 3. The number of phenolic OH excluding ortho intramolecular Hbond substituents is 3. The molecule has 8 heteroatoms. The maximum Gasteiger partial charge on any atom is 0.466 e. The smallest absolute Gasteiger partial charge is 0.466 e. The topological polar surface area (TPSA) is 138 Å². The van der Waals surface area contributed by atoms with Crippen LogP contribution >= 0.6 is 7.82 Å². The zero-order valence-corrected chi connectivity index (χ0v) is 22.1. The lowest BCUT2D eigenvalue weighted by Crippen LogP contribution is -1.85. The van der Waals surface area contributed by atoms with Crippen LogP contribution in [0.5, 0.6) is 17.2 Å². The normalized spacial score (nSPS) is 10.5. The number of phosphoric acid groups is 1. The van der Waals surface area contributed by atoms with Gasteiger partial charge in [-0.05, 0) is 52.6 Å². The van der Waals surface area contributed by atoms with E-state index >= 15 is 0 Å². The maximum atomic E-state index is 9.28. The van der Waals surface area contributed by atoms with E-state index in [2.05, 4.69) is 41.5 Å². The second kappa shape index (κ2) is 16.0. The third-order valence-corrected chi connectivity index (χ3v) is 4.68. The highest BCUT2D eigenvalue weighted by Gasteiger charge is 2.03. The molecule has 35 heavy (non-hydrogen) atoms. The van der Waals surface area contributed by atoms with E-state index in [1.165, 1.54) is 0 Å². The average Bonchev–Trinajstić information content (AvgIpc) is 2.74. The SMILES string of the molecule is CC(C)c1ccccc1O.CC(C)c1ccccc1O.CC(C)c1ccccc1O.O=P(O)(O)O. The molecule has 0 aliphatic carbocycles. The molecule has 3 aromatic carbocycles. The summed E-state index contributed by atoms with van der Waals surface area (Å²) in [6.45, 7) is 12.4. The van der Waals surface area contributed by atoms with Gasteiger partial charge in [0, 0.05) is 0 Å². The molecule has 0 aliphatic rings. The number of para-hydroxylation sites is 3. The number of aromatic hydroxyl groups is 3. The average molecular weight is 507 g/mol. The minimum atomic E-state index is -4.64. The Labute approximate surface area is 208 Å². The fraction of sp³-hybridized carbons (Fsp3) is 0.333. The van der Waals surface area contributed by atoms with Crippen LogP contribution in [0.2, 0.25) is 0 Å². The van der Waals surface area contributed by atoms with Gasteiger partial charge in [-0.3, -0.25) is 0 Å². The van der Waals surface area contributed by atoms with Gasteiger partial charge < -0.3 is 30.0 Å². The number of phenols is 3. The molecule has 7 nitrogen and oxygen atoms in total. The van der Waals surface area contributed by atoms with Crippen molar-refractivity contribution in [1.29, 1.82) is 0 Å². The Morgan fingerprint density at radius 3 is 0.771 bits per heavy atom. The maximum absolute atomic E-state index is 9.28. The molecule has 3 aromatic rings. The minimum absolute atomic E-state index is 0.400. The largest absolute Gasteiger partial charge is 0.508 e. The summed E-state index contributed by atoms with van der Waals surface area (Å²) in [6.07, 6.45) is 0. The molecule has 6 N–H and O–H groups in total. The molecular weight excluding hydrogens is 467 g/mol. The predicted molar refractivity (Wildman–Crippen MR) is 141 cm³/mol. The summed E-state index contributed by atoms with van der Waals surface area (Å²) in [4.78, 5) is 21.6. The van der Waals surface area contributed by atoms with Crippen molar-refractivity contribution in [3.8, 4) is 17.2 Å². The number of rotatable bonds is 3. The summed E-state index contributed by atoms with van der Waals surface area (Å²) in [7, 11) is -4.64. The van der Waals surface area contributed by atoms with Crippen molar-refractivity contribution in [2.75, 3.05) is 0 Å². The van der Waals surface area contributed by atoms with Gasteiger partial charge in [0.15, 0.2) is 0 Å². The molecule has 0 fully saturated rings. The molecule has 0 saturated carbocycles. The van der Waals surface area contributed by atoms with Crippen LogP contribution in [0.3, 0.4) is 0 Å². The van der Waals surface area contributed by atoms with Gasteiger partial charge in [-0.2, -0.15) is 0 Å². The molecule has 0 amide bonds. The van der Waals surface area contributed by atoms with Crippen LogP contribution in [0, 0.1) is 0 Å². The van der Waals surface area contributed by atoms with Crippen LogP contribution in [0.1, 0.15) is 76.0 Å². The molecule has 0 aliphatic heterocycles. The molecular formula is C27H39O7P. The molecule has 0 radical (unpaired) electrons. The van der Waals surface area contributed by atoms with E-state index in [0.29, 0.717) is 35.0 Å². The molecule has 0 saturated heterocycles. The van der Waals surface area contributed by atoms with E-state index in [1.54, 1.807) is 18.2 Å². The lowest BCUT2D eigenvalue weighted by Gasteiger charge is -2.05. The third kappa shape index (κ3) is 14.9. The van der Waals surface area contributed by atoms with Crippen LogP contribution in [0.4, 0.5) is 0 Å². The van der Waals surface area contributed by atoms with Crippen LogP contribution in [0.25, 0.3) is 0 Å². The van der Waals surface area contributed by atoms with Crippen molar-refractivity contribution >= 4 is 7.82 Å². The minimum Gasteiger partial charge on any atom is -0.508 e. The van der Waals surface area contributed by atoms with Crippen molar-refractivity contribution < 1.29 is 34.6 Å². The van der Waals surface area contributed by atoms with Crippen molar-refractivity contribution in [3.63, 3.8) is 0 Å². The monoisotopic (exact) mass is 506 g/mol. The fourth-order valence-electron chi connectivity index (χ4n) is 2.93. The van der Waals surface area contributed by atoms with Gasteiger partial charge >= 0.3 is 7.82 Å². The molecule has 0 unspecified atom stereocenters. The summed E-state index contributed by atoms with van der Waals surface area (Å²) in [5, 5.41) is 27.8. The zero-order valence-electron chi connectivity index (χ0n) is 21.2. The van der Waals surface area contributed by atoms with E-state index in [4.69, 9.17) is 19.2 Å². The molecule has 0 heterocycles. The van der Waals surface area contributed by atoms with Crippen LogP contribution < -0.4 is 0 Å². The highest BCUT2D eigenvalue weighted by atomic mass is 31.2. The van der Waals surface area contributed by atoms with Crippen molar-refractivity contribution in [2.45, 2.75) is 59.3 Å². The molecule has 0 aromatic heterocycles. The van der Waals surface area contributed by atoms with Gasteiger partial charge in [-0.15, -0.1) is 0 Å². The van der Waals surface area contributed by atoms with Crippen molar-refractivity contribution in [1.82, 2.24) is 0 Å². The summed E-state index contributed by atoms with van der Waals surface area (Å²) in [6, 6.07) is 22.3. The highest BCUT2D eigenvalue weighted by molar-refractivity contribution is 7.45. The van der Waals surface area contributed by atoms with Crippen LogP contribution in [0.15, 0.2) is 72.8 Å². The first-order valence-electron chi connectivity index (χ1n) is 11.3. The summed E-state index contributed by atoms with van der Waals surface area (Å²) >= 11 is 0. The molecule has 194 valence electrons. The second-order valence-corrected chi connectivity index (χ2v) is 9.68. The zero-order chi connectivity index (χ0) is 27.2. The van der Waals surface area contributed by atoms with Gasteiger partial charge in [0.05, 0.1) is 0 Å². The number of hydrogen-bond donors (Lipinski definition) is 6. The van der Waals surface area contributed by atoms with Crippen LogP contribution in [-0.4, -0.2) is 30.0 Å². The molecule has 0 atom stereocenters. The predicted octanol–water partition coefficient (Wildman–Crippen LogP) is 6.62. The quantitative estimate of drug-likeness (QED) is 0.220. The number of hydrogen-bond acceptors (Lipinski definition) is 4. The Morgan fingerprint density at radius 2 is 0.657 bits per heavy atom. The Balaban J connectivity index is 0.000000453. The van der Waals surface area contributed by atoms with Crippen LogP contribution in [-0.2, 0) is 4.57 Å². The summed E-state index contributed by atoms with van der Waals surface area (Å²) < 4.78 is 8.88. The third-order valence-electron chi connectivity index (χ3n) is 4.68. The first kappa shape index (κ1) is 32.2. The van der Waals surface area contributed by atoms with E-state index in [1.807, 2.05) is 54.6 Å². The van der Waals surface area contributed by atoms with E-state index in [-0.39, 0.29) is 0 Å². The molecule has 0 spiro atoms. The van der Waals surface area contributed by atoms with E-state index < -0.39 is 7.82 Å². The molecule has 0 bridgehead atoms. The standard InChI is InChI=1S/3C9H12O.H3O4P/c3*1-7(2)8-5-3-4-6-9(8)10;1-5(2,3)4/h3*3-7,10H,1-2H3;(H3,1,2,3,4). The van der Waals surface area contributed by atoms with Gasteiger partial charge in [0.2, 0.25) is 0 Å². The first-order valence-corrected chi connectivity index (χ1v) is 12.8. The van der Waals surface area contributed by atoms with E-state index in [0.717, 1.165) is 16.7 Å². The second-order valence-electron chi connectivity index (χ2n) is 8.65. The Hall–Kier alpha value is -2.83. The fourth-order valence-corrected chi connectivity index (χ4v) is 2.93. The Morgan fingerprint density at radius 1 is 0.486 bits per heavy atom. The highest BCUT2D eigenvalue weighted by Crippen LogP contribution is 2.26. The summed E-state index contributed by atoms with van der Waals surface area (Å²) in [5.74, 6) is 2.41. The summed E-state index contributed by atoms with van der Waals surface area (Å²) in [5.41, 5.74) is 3.05. The van der Waals surface area contributed by atoms with Gasteiger partial charge in [-0.1, -0.05) is 96.1 Å². The van der Waals surface area contributed by atoms with Gasteiger partial charge in [-0.25, -0.2) is 4.57 Å². The Kier molecular flexibility index (Phi) is 14.7. The van der Waals surface area contributed by atoms with Crippen molar-refractivity contribution in [3.05, 3.63) is 89.5 Å². The van der Waals surface area contributed by atoms with Gasteiger partial charge in [0.25, 0.3) is 0 Å². The Bertz CT molecular complexity index is 917. The van der Waals surface area contributed by atoms with E-state index in [9.17, 15) is 15.3 Å². The molecule has 3 rings (SSSR count). The lowest BCUT2D eigenvalue weighted by molar-refractivity contribution is 0.275. The lowest BCUT2D eigenvalue weighted by atomic mass is 10.0. The van der Waals surface area contributed by atoms with Crippen molar-refractivity contribution in [2.24, 2.45) is 0 Å². The first-order chi connectivity index (χ1) is 16.1. The van der Waals surface area contributed by atoms with Gasteiger partial charge in [0.1, 0.15) is 17.2 Å².